The van der Waals surface area contributed by atoms with Crippen LogP contribution in [0.25, 0.3) is 0 Å². The molecule has 0 unspecified atom stereocenters. The molecule has 0 bridgehead atoms. The Bertz CT molecular complexity index is 505. The highest BCUT2D eigenvalue weighted by molar-refractivity contribution is 7.89. The van der Waals surface area contributed by atoms with Crippen molar-refractivity contribution in [3.8, 4) is 5.75 Å². The van der Waals surface area contributed by atoms with E-state index in [1.54, 1.807) is 4.72 Å². The number of sulfonamides is 1. The van der Waals surface area contributed by atoms with Gasteiger partial charge in [0.05, 0.1) is 20.3 Å². The number of alkyl halides is 2. The molecule has 0 aliphatic carbocycles. The van der Waals surface area contributed by atoms with Gasteiger partial charge in [0.25, 0.3) is 6.43 Å². The van der Waals surface area contributed by atoms with Crippen LogP contribution in [0.2, 0.25) is 0 Å². The minimum Gasteiger partial charge on any atom is -0.495 e. The molecule has 8 heteroatoms. The van der Waals surface area contributed by atoms with Crippen LogP contribution in [0.1, 0.15) is 5.56 Å². The highest BCUT2D eigenvalue weighted by Crippen LogP contribution is 2.24. The van der Waals surface area contributed by atoms with Gasteiger partial charge in [0.15, 0.2) is 0 Å². The minimum absolute atomic E-state index is 0.0222. The van der Waals surface area contributed by atoms with Gasteiger partial charge in [-0.25, -0.2) is 21.9 Å². The van der Waals surface area contributed by atoms with Crippen molar-refractivity contribution in [3.63, 3.8) is 0 Å². The fraction of sp³-hybridized carbons (Fsp3) is 0.400. The second-order valence-corrected chi connectivity index (χ2v) is 5.12. The van der Waals surface area contributed by atoms with Gasteiger partial charge in [0.1, 0.15) is 10.6 Å². The zero-order chi connectivity index (χ0) is 13.8. The Morgan fingerprint density at radius 2 is 2.11 bits per heavy atom. The quantitative estimate of drug-likeness (QED) is 0.806. The number of methoxy groups -OCH3 is 1. The minimum atomic E-state index is -4.10. The molecule has 5 nitrogen and oxygen atoms in total. The highest BCUT2D eigenvalue weighted by atomic mass is 32.2. The van der Waals surface area contributed by atoms with Crippen molar-refractivity contribution in [1.82, 2.24) is 4.72 Å². The van der Waals surface area contributed by atoms with Crippen LogP contribution in [-0.4, -0.2) is 33.6 Å². The van der Waals surface area contributed by atoms with E-state index >= 15 is 0 Å². The number of aliphatic hydroxyl groups is 1. The molecule has 0 saturated carbocycles. The zero-order valence-corrected chi connectivity index (χ0v) is 10.4. The summed E-state index contributed by atoms with van der Waals surface area (Å²) >= 11 is 0. The van der Waals surface area contributed by atoms with Crippen molar-refractivity contribution >= 4 is 10.0 Å². The van der Waals surface area contributed by atoms with Crippen LogP contribution in [0.5, 0.6) is 5.75 Å². The third-order valence-electron chi connectivity index (χ3n) is 2.13. The second-order valence-electron chi connectivity index (χ2n) is 3.39. The van der Waals surface area contributed by atoms with Gasteiger partial charge >= 0.3 is 0 Å². The van der Waals surface area contributed by atoms with Gasteiger partial charge in [-0.2, -0.15) is 0 Å². The number of hydrogen-bond donors (Lipinski definition) is 2. The average Bonchev–Trinajstić information content (AvgIpc) is 2.35. The smallest absolute Gasteiger partial charge is 0.251 e. The summed E-state index contributed by atoms with van der Waals surface area (Å²) in [6, 6.07) is 4.00. The second kappa shape index (κ2) is 6.07. The number of benzene rings is 1. The molecule has 102 valence electrons. The molecule has 0 atom stereocenters. The normalized spacial score (nSPS) is 11.8. The maximum atomic E-state index is 12.0. The molecule has 2 N–H and O–H groups in total. The van der Waals surface area contributed by atoms with Gasteiger partial charge in [0.2, 0.25) is 10.0 Å². The molecular formula is C10H13F2NO4S. The Kier molecular flexibility index (Phi) is 5.00. The van der Waals surface area contributed by atoms with E-state index in [9.17, 15) is 17.2 Å². The summed E-state index contributed by atoms with van der Waals surface area (Å²) in [7, 11) is -2.83. The van der Waals surface area contributed by atoms with E-state index in [0.717, 1.165) is 0 Å². The van der Waals surface area contributed by atoms with E-state index in [-0.39, 0.29) is 17.3 Å². The number of ether oxygens (including phenoxy) is 1. The Labute approximate surface area is 103 Å². The molecule has 0 spiro atoms. The molecule has 0 radical (unpaired) electrons. The number of hydrogen-bond acceptors (Lipinski definition) is 4. The molecular weight excluding hydrogens is 268 g/mol. The van der Waals surface area contributed by atoms with Crippen molar-refractivity contribution in [2.24, 2.45) is 0 Å². The van der Waals surface area contributed by atoms with Crippen LogP contribution >= 0.6 is 0 Å². The number of nitrogens with one attached hydrogen (secondary N) is 1. The predicted molar refractivity (Wildman–Crippen MR) is 60.1 cm³/mol. The lowest BCUT2D eigenvalue weighted by Crippen LogP contribution is -2.29. The molecule has 0 heterocycles. The van der Waals surface area contributed by atoms with E-state index in [2.05, 4.69) is 0 Å². The summed E-state index contributed by atoms with van der Waals surface area (Å²) in [5, 5.41) is 8.93. The summed E-state index contributed by atoms with van der Waals surface area (Å²) in [5.41, 5.74) is 0.341. The first kappa shape index (κ1) is 14.8. The molecule has 1 aromatic carbocycles. The fourth-order valence-corrected chi connectivity index (χ4v) is 2.50. The lowest BCUT2D eigenvalue weighted by molar-refractivity contribution is 0.153. The molecule has 1 rings (SSSR count). The van der Waals surface area contributed by atoms with Gasteiger partial charge in [-0.05, 0) is 17.7 Å². The summed E-state index contributed by atoms with van der Waals surface area (Å²) in [6.07, 6.45) is -2.79. The van der Waals surface area contributed by atoms with Crippen LogP contribution in [0.15, 0.2) is 23.1 Å². The molecule has 1 aromatic rings. The van der Waals surface area contributed by atoms with Gasteiger partial charge in [0, 0.05) is 0 Å². The molecule has 0 aliphatic rings. The number of halogens is 2. The van der Waals surface area contributed by atoms with Gasteiger partial charge < -0.3 is 9.84 Å². The van der Waals surface area contributed by atoms with Gasteiger partial charge in [-0.15, -0.1) is 0 Å². The lowest BCUT2D eigenvalue weighted by Gasteiger charge is -2.11. The predicted octanol–water partition coefficient (Wildman–Crippen LogP) is 0.731. The Morgan fingerprint density at radius 3 is 2.61 bits per heavy atom. The Hall–Kier alpha value is -1.25. The Morgan fingerprint density at radius 1 is 1.44 bits per heavy atom. The maximum Gasteiger partial charge on any atom is 0.251 e. The molecule has 0 aromatic heterocycles. The maximum absolute atomic E-state index is 12.0. The third-order valence-corrected chi connectivity index (χ3v) is 3.57. The molecule has 0 fully saturated rings. The van der Waals surface area contributed by atoms with Crippen LogP contribution in [-0.2, 0) is 16.6 Å². The van der Waals surface area contributed by atoms with Crippen molar-refractivity contribution in [2.45, 2.75) is 17.9 Å². The van der Waals surface area contributed by atoms with Crippen molar-refractivity contribution in [2.75, 3.05) is 13.7 Å². The van der Waals surface area contributed by atoms with Crippen LogP contribution in [0, 0.1) is 0 Å². The summed E-state index contributed by atoms with van der Waals surface area (Å²) in [4.78, 5) is -0.280. The van der Waals surface area contributed by atoms with Crippen LogP contribution in [0.3, 0.4) is 0 Å². The van der Waals surface area contributed by atoms with E-state index in [1.807, 2.05) is 0 Å². The van der Waals surface area contributed by atoms with Crippen molar-refractivity contribution in [1.29, 1.82) is 0 Å². The summed E-state index contributed by atoms with van der Waals surface area (Å²) in [5.74, 6) is 0.0222. The summed E-state index contributed by atoms with van der Waals surface area (Å²) < 4.78 is 54.2. The highest BCUT2D eigenvalue weighted by Gasteiger charge is 2.21. The summed E-state index contributed by atoms with van der Waals surface area (Å²) in [6.45, 7) is -1.34. The largest absolute Gasteiger partial charge is 0.495 e. The van der Waals surface area contributed by atoms with Crippen molar-refractivity contribution in [3.05, 3.63) is 23.8 Å². The lowest BCUT2D eigenvalue weighted by atomic mass is 10.2. The average molecular weight is 281 g/mol. The number of aliphatic hydroxyl groups excluding tert-OH is 1. The van der Waals surface area contributed by atoms with Crippen LogP contribution < -0.4 is 9.46 Å². The van der Waals surface area contributed by atoms with E-state index in [0.29, 0.717) is 5.56 Å². The molecule has 18 heavy (non-hydrogen) atoms. The first-order valence-corrected chi connectivity index (χ1v) is 6.44. The first-order valence-electron chi connectivity index (χ1n) is 4.96. The first-order chi connectivity index (χ1) is 8.40. The molecule has 0 aliphatic heterocycles. The third kappa shape index (κ3) is 3.62. The zero-order valence-electron chi connectivity index (χ0n) is 9.56. The van der Waals surface area contributed by atoms with E-state index in [1.165, 1.54) is 25.3 Å². The number of rotatable bonds is 6. The molecule has 0 saturated heterocycles. The van der Waals surface area contributed by atoms with E-state index in [4.69, 9.17) is 9.84 Å². The monoisotopic (exact) mass is 281 g/mol. The molecule has 0 amide bonds. The SMILES string of the molecule is COc1ccc(CO)cc1S(=O)(=O)NCC(F)F. The van der Waals surface area contributed by atoms with E-state index < -0.39 is 23.0 Å². The fourth-order valence-electron chi connectivity index (χ4n) is 1.28. The standard InChI is InChI=1S/C10H13F2NO4S/c1-17-8-3-2-7(6-14)4-9(8)18(15,16)13-5-10(11)12/h2-4,10,13-14H,5-6H2,1H3. The van der Waals surface area contributed by atoms with Crippen molar-refractivity contribution < 1.29 is 27.0 Å². The van der Waals surface area contributed by atoms with Gasteiger partial charge in [-0.3, -0.25) is 0 Å². The van der Waals surface area contributed by atoms with Crippen LogP contribution in [0.4, 0.5) is 8.78 Å². The van der Waals surface area contributed by atoms with Gasteiger partial charge in [-0.1, -0.05) is 6.07 Å². The Balaban J connectivity index is 3.12. The topological polar surface area (TPSA) is 75.6 Å².